The third-order valence-corrected chi connectivity index (χ3v) is 3.96. The smallest absolute Gasteiger partial charge is 0.324 e. The Morgan fingerprint density at radius 2 is 2.00 bits per heavy atom. The van der Waals surface area contributed by atoms with E-state index in [0.29, 0.717) is 5.92 Å². The number of hydrogen-bond donors (Lipinski definition) is 1. The van der Waals surface area contributed by atoms with Crippen molar-refractivity contribution in [1.29, 1.82) is 0 Å². The van der Waals surface area contributed by atoms with Crippen molar-refractivity contribution in [2.75, 3.05) is 13.6 Å². The molecule has 1 aliphatic rings. The summed E-state index contributed by atoms with van der Waals surface area (Å²) in [5.41, 5.74) is -0.532. The Morgan fingerprint density at radius 1 is 1.44 bits per heavy atom. The van der Waals surface area contributed by atoms with Gasteiger partial charge in [-0.15, -0.1) is 0 Å². The lowest BCUT2D eigenvalue weighted by atomic mass is 9.63. The zero-order valence-electron chi connectivity index (χ0n) is 11.2. The number of aliphatic carboxylic acids is 1. The van der Waals surface area contributed by atoms with Crippen molar-refractivity contribution < 1.29 is 9.90 Å². The van der Waals surface area contributed by atoms with E-state index >= 15 is 0 Å². The first kappa shape index (κ1) is 13.5. The van der Waals surface area contributed by atoms with E-state index in [1.807, 2.05) is 18.9 Å². The molecule has 1 aliphatic carbocycles. The summed E-state index contributed by atoms with van der Waals surface area (Å²) < 4.78 is 0. The number of hydrogen-bond acceptors (Lipinski definition) is 2. The van der Waals surface area contributed by atoms with Gasteiger partial charge in [0.2, 0.25) is 0 Å². The molecule has 0 aromatic rings. The fourth-order valence-electron chi connectivity index (χ4n) is 3.45. The molecule has 1 saturated carbocycles. The average Bonchev–Trinajstić information content (AvgIpc) is 2.12. The summed E-state index contributed by atoms with van der Waals surface area (Å²) in [6, 6.07) is 0. The van der Waals surface area contributed by atoms with Gasteiger partial charge in [0.1, 0.15) is 5.54 Å². The molecular formula is C13H25NO2. The molecular weight excluding hydrogens is 202 g/mol. The van der Waals surface area contributed by atoms with Crippen LogP contribution in [-0.2, 0) is 4.79 Å². The SMILES string of the molecule is CCN(C)C1(C(=O)O)CC(C)CC(C)(C)C1. The highest BCUT2D eigenvalue weighted by molar-refractivity contribution is 5.79. The fourth-order valence-corrected chi connectivity index (χ4v) is 3.45. The molecule has 0 saturated heterocycles. The summed E-state index contributed by atoms with van der Waals surface area (Å²) in [6.07, 6.45) is 2.65. The van der Waals surface area contributed by atoms with E-state index in [0.717, 1.165) is 25.8 Å². The van der Waals surface area contributed by atoms with Crippen molar-refractivity contribution in [3.8, 4) is 0 Å². The van der Waals surface area contributed by atoms with Gasteiger partial charge in [0.05, 0.1) is 0 Å². The second-order valence-corrected chi connectivity index (χ2v) is 6.21. The lowest BCUT2D eigenvalue weighted by molar-refractivity contribution is -0.157. The van der Waals surface area contributed by atoms with Crippen LogP contribution in [0.15, 0.2) is 0 Å². The van der Waals surface area contributed by atoms with Crippen molar-refractivity contribution >= 4 is 5.97 Å². The topological polar surface area (TPSA) is 40.5 Å². The second kappa shape index (κ2) is 4.36. The summed E-state index contributed by atoms with van der Waals surface area (Å²) in [5.74, 6) is -0.176. The van der Waals surface area contributed by atoms with Crippen molar-refractivity contribution in [2.45, 2.75) is 52.5 Å². The van der Waals surface area contributed by atoms with E-state index in [-0.39, 0.29) is 5.41 Å². The van der Waals surface area contributed by atoms with Gasteiger partial charge in [-0.05, 0) is 44.2 Å². The van der Waals surface area contributed by atoms with Crippen molar-refractivity contribution in [3.63, 3.8) is 0 Å². The Morgan fingerprint density at radius 3 is 2.38 bits per heavy atom. The molecule has 0 aromatic heterocycles. The van der Waals surface area contributed by atoms with Crippen LogP contribution in [0.4, 0.5) is 0 Å². The molecule has 0 spiro atoms. The quantitative estimate of drug-likeness (QED) is 0.805. The summed E-state index contributed by atoms with van der Waals surface area (Å²) in [5, 5.41) is 9.60. The van der Waals surface area contributed by atoms with Gasteiger partial charge in [-0.2, -0.15) is 0 Å². The van der Waals surface area contributed by atoms with Crippen LogP contribution in [0, 0.1) is 11.3 Å². The molecule has 0 heterocycles. The monoisotopic (exact) mass is 227 g/mol. The van der Waals surface area contributed by atoms with Crippen molar-refractivity contribution in [3.05, 3.63) is 0 Å². The van der Waals surface area contributed by atoms with Crippen LogP contribution >= 0.6 is 0 Å². The lowest BCUT2D eigenvalue weighted by Gasteiger charge is -2.49. The van der Waals surface area contributed by atoms with Gasteiger partial charge in [0.25, 0.3) is 0 Å². The van der Waals surface area contributed by atoms with Gasteiger partial charge in [-0.3, -0.25) is 9.69 Å². The van der Waals surface area contributed by atoms with Crippen LogP contribution < -0.4 is 0 Å². The number of likely N-dealkylation sites (N-methyl/N-ethyl adjacent to an activating group) is 1. The maximum atomic E-state index is 11.7. The molecule has 94 valence electrons. The van der Waals surface area contributed by atoms with Crippen LogP contribution in [0.2, 0.25) is 0 Å². The molecule has 2 atom stereocenters. The summed E-state index contributed by atoms with van der Waals surface area (Å²) in [4.78, 5) is 13.7. The maximum absolute atomic E-state index is 11.7. The molecule has 1 N–H and O–H groups in total. The van der Waals surface area contributed by atoms with E-state index in [1.165, 1.54) is 0 Å². The molecule has 3 nitrogen and oxygen atoms in total. The Bertz CT molecular complexity index is 275. The van der Waals surface area contributed by atoms with E-state index in [1.54, 1.807) is 0 Å². The minimum absolute atomic E-state index is 0.124. The van der Waals surface area contributed by atoms with Gasteiger partial charge >= 0.3 is 5.97 Å². The van der Waals surface area contributed by atoms with Crippen LogP contribution in [0.1, 0.15) is 47.0 Å². The molecule has 1 rings (SSSR count). The predicted molar refractivity (Wildman–Crippen MR) is 65.5 cm³/mol. The summed E-state index contributed by atoms with van der Waals surface area (Å²) in [6.45, 7) is 9.35. The van der Waals surface area contributed by atoms with Gasteiger partial charge in [0, 0.05) is 0 Å². The molecule has 1 fully saturated rings. The van der Waals surface area contributed by atoms with E-state index < -0.39 is 11.5 Å². The first-order valence-corrected chi connectivity index (χ1v) is 6.18. The molecule has 0 bridgehead atoms. The molecule has 0 amide bonds. The number of rotatable bonds is 3. The highest BCUT2D eigenvalue weighted by Gasteiger charge is 2.50. The molecule has 3 heteroatoms. The normalized spacial score (nSPS) is 34.0. The predicted octanol–water partition coefficient (Wildman–Crippen LogP) is 2.61. The lowest BCUT2D eigenvalue weighted by Crippen LogP contribution is -2.58. The maximum Gasteiger partial charge on any atom is 0.324 e. The molecule has 0 aromatic carbocycles. The van der Waals surface area contributed by atoms with Crippen LogP contribution in [0.3, 0.4) is 0 Å². The van der Waals surface area contributed by atoms with E-state index in [4.69, 9.17) is 0 Å². The Kier molecular flexibility index (Phi) is 3.68. The zero-order chi connectivity index (χ0) is 12.6. The number of carbonyl (C=O) groups is 1. The number of carboxylic acids is 1. The molecule has 0 aliphatic heterocycles. The third-order valence-electron chi connectivity index (χ3n) is 3.96. The molecule has 16 heavy (non-hydrogen) atoms. The van der Waals surface area contributed by atoms with Crippen LogP contribution in [0.25, 0.3) is 0 Å². The van der Waals surface area contributed by atoms with Gasteiger partial charge in [-0.25, -0.2) is 0 Å². The third kappa shape index (κ3) is 2.40. The second-order valence-electron chi connectivity index (χ2n) is 6.21. The van der Waals surface area contributed by atoms with Crippen LogP contribution in [0.5, 0.6) is 0 Å². The molecule has 0 radical (unpaired) electrons. The number of carboxylic acid groups (broad SMARTS) is 1. The largest absolute Gasteiger partial charge is 0.480 e. The Labute approximate surface area is 98.8 Å². The van der Waals surface area contributed by atoms with E-state index in [9.17, 15) is 9.90 Å². The number of nitrogens with zero attached hydrogens (tertiary/aromatic N) is 1. The van der Waals surface area contributed by atoms with E-state index in [2.05, 4.69) is 20.8 Å². The fraction of sp³-hybridized carbons (Fsp3) is 0.923. The minimum atomic E-state index is -0.657. The summed E-state index contributed by atoms with van der Waals surface area (Å²) in [7, 11) is 1.93. The van der Waals surface area contributed by atoms with Gasteiger partial charge in [-0.1, -0.05) is 27.7 Å². The van der Waals surface area contributed by atoms with Gasteiger partial charge < -0.3 is 5.11 Å². The standard InChI is InChI=1S/C13H25NO2/c1-6-14(5)13(11(15)16)8-10(2)7-12(3,4)9-13/h10H,6-9H2,1-5H3,(H,15,16). The minimum Gasteiger partial charge on any atom is -0.480 e. The molecule has 2 unspecified atom stereocenters. The summed E-state index contributed by atoms with van der Waals surface area (Å²) >= 11 is 0. The first-order chi connectivity index (χ1) is 7.23. The van der Waals surface area contributed by atoms with Crippen molar-refractivity contribution in [1.82, 2.24) is 4.90 Å². The Hall–Kier alpha value is -0.570. The average molecular weight is 227 g/mol. The highest BCUT2D eigenvalue weighted by atomic mass is 16.4. The zero-order valence-corrected chi connectivity index (χ0v) is 11.2. The highest BCUT2D eigenvalue weighted by Crippen LogP contribution is 2.46. The first-order valence-electron chi connectivity index (χ1n) is 6.18. The van der Waals surface area contributed by atoms with Gasteiger partial charge in [0.15, 0.2) is 0 Å². The van der Waals surface area contributed by atoms with Crippen molar-refractivity contribution in [2.24, 2.45) is 11.3 Å². The Balaban J connectivity index is 3.05. The van der Waals surface area contributed by atoms with Crippen LogP contribution in [-0.4, -0.2) is 35.1 Å².